The summed E-state index contributed by atoms with van der Waals surface area (Å²) in [5, 5.41) is 12.6. The lowest BCUT2D eigenvalue weighted by Crippen LogP contribution is -2.11. The molecule has 0 amide bonds. The second-order valence-electron chi connectivity index (χ2n) is 14.9. The van der Waals surface area contributed by atoms with Gasteiger partial charge >= 0.3 is 0 Å². The normalized spacial score (nSPS) is 11.9. The molecule has 2 heterocycles. The highest BCUT2D eigenvalue weighted by Gasteiger charge is 2.24. The molecule has 0 spiro atoms. The summed E-state index contributed by atoms with van der Waals surface area (Å²) in [7, 11) is 0. The summed E-state index contributed by atoms with van der Waals surface area (Å²) < 4.78 is 5.14. The topological polar surface area (TPSA) is 8.17 Å². The van der Waals surface area contributed by atoms with Gasteiger partial charge in [-0.3, -0.25) is 0 Å². The van der Waals surface area contributed by atoms with E-state index in [2.05, 4.69) is 216 Å². The van der Waals surface area contributed by atoms with E-state index in [1.54, 1.807) is 0 Å². The monoisotopic (exact) mass is 742 g/mol. The van der Waals surface area contributed by atoms with Gasteiger partial charge in [0.25, 0.3) is 0 Å². The van der Waals surface area contributed by atoms with Crippen molar-refractivity contribution in [3.05, 3.63) is 206 Å². The third-order valence-electron chi connectivity index (χ3n) is 11.7. The predicted octanol–water partition coefficient (Wildman–Crippen LogP) is 15.7. The molecule has 12 aromatic rings. The number of hydrogen-bond donors (Lipinski definition) is 0. The summed E-state index contributed by atoms with van der Waals surface area (Å²) in [5.41, 5.74) is 9.45. The molecule has 0 saturated heterocycles. The maximum Gasteiger partial charge on any atom is 0.0726 e. The van der Waals surface area contributed by atoms with Crippen LogP contribution < -0.4 is 4.90 Å². The minimum atomic E-state index is 1.12. The van der Waals surface area contributed by atoms with Crippen LogP contribution in [0.15, 0.2) is 206 Å². The Hall–Kier alpha value is -7.20. The van der Waals surface area contributed by atoms with Crippen LogP contribution in [0.5, 0.6) is 0 Å². The van der Waals surface area contributed by atoms with E-state index in [1.807, 2.05) is 11.3 Å². The summed E-state index contributed by atoms with van der Waals surface area (Å²) in [6, 6.07) is 75.6. The fraction of sp³-hybridized carbons (Fsp3) is 0. The van der Waals surface area contributed by atoms with E-state index < -0.39 is 0 Å². The van der Waals surface area contributed by atoms with Crippen molar-refractivity contribution >= 4 is 103 Å². The Balaban J connectivity index is 1.21. The highest BCUT2D eigenvalue weighted by atomic mass is 32.1. The molecule has 57 heavy (non-hydrogen) atoms. The van der Waals surface area contributed by atoms with Crippen molar-refractivity contribution in [2.45, 2.75) is 0 Å². The number of thiophene rings is 1. The van der Waals surface area contributed by atoms with Crippen LogP contribution in [0.2, 0.25) is 0 Å². The van der Waals surface area contributed by atoms with Crippen molar-refractivity contribution in [2.75, 3.05) is 4.90 Å². The minimum Gasteiger partial charge on any atom is -0.309 e. The predicted molar refractivity (Wildman–Crippen MR) is 246 cm³/mol. The number of nitrogens with zero attached hydrogens (tertiary/aromatic N) is 2. The average Bonchev–Trinajstić information content (AvgIpc) is 3.84. The molecule has 2 nitrogen and oxygen atoms in total. The lowest BCUT2D eigenvalue weighted by Gasteiger charge is -2.28. The van der Waals surface area contributed by atoms with E-state index in [9.17, 15) is 0 Å². The largest absolute Gasteiger partial charge is 0.309 e. The molecule has 0 atom stereocenters. The van der Waals surface area contributed by atoms with Crippen LogP contribution in [0.1, 0.15) is 0 Å². The van der Waals surface area contributed by atoms with E-state index in [4.69, 9.17) is 0 Å². The maximum atomic E-state index is 2.52. The number of rotatable bonds is 5. The number of aromatic nitrogens is 1. The molecule has 0 aliphatic heterocycles. The van der Waals surface area contributed by atoms with Crippen LogP contribution in [-0.2, 0) is 0 Å². The lowest BCUT2D eigenvalue weighted by molar-refractivity contribution is 1.19. The molecule has 0 saturated carbocycles. The first-order chi connectivity index (χ1) is 28.3. The second-order valence-corrected chi connectivity index (χ2v) is 15.9. The first-order valence-electron chi connectivity index (χ1n) is 19.5. The van der Waals surface area contributed by atoms with Crippen molar-refractivity contribution in [3.8, 4) is 16.8 Å². The summed E-state index contributed by atoms with van der Waals surface area (Å²) in [4.78, 5) is 2.47. The average molecular weight is 743 g/mol. The third kappa shape index (κ3) is 4.89. The second kappa shape index (κ2) is 12.7. The van der Waals surface area contributed by atoms with E-state index in [1.165, 1.54) is 85.4 Å². The molecule has 0 unspecified atom stereocenters. The van der Waals surface area contributed by atoms with Gasteiger partial charge in [-0.2, -0.15) is 0 Å². The van der Waals surface area contributed by atoms with Gasteiger partial charge in [0, 0.05) is 48.4 Å². The van der Waals surface area contributed by atoms with Gasteiger partial charge in [0.05, 0.1) is 27.1 Å². The lowest BCUT2D eigenvalue weighted by atomic mass is 9.98. The fourth-order valence-electron chi connectivity index (χ4n) is 9.22. The molecule has 0 bridgehead atoms. The first-order valence-corrected chi connectivity index (χ1v) is 20.3. The smallest absolute Gasteiger partial charge is 0.0726 e. The molecule has 0 aliphatic carbocycles. The van der Waals surface area contributed by atoms with Crippen LogP contribution in [0, 0.1) is 0 Å². The Morgan fingerprint density at radius 3 is 1.61 bits per heavy atom. The van der Waals surface area contributed by atoms with Gasteiger partial charge in [0.15, 0.2) is 0 Å². The molecule has 10 aromatic carbocycles. The van der Waals surface area contributed by atoms with Crippen molar-refractivity contribution in [3.63, 3.8) is 0 Å². The standard InChI is InChI=1S/C54H34N2S/c1-2-14-35(15-3-1)36-28-30-39(31-29-36)56-49-33-32-40(34-46(49)51-43-22-8-9-23-44(43)52-45-24-10-11-27-50(45)57-54(52)53(51)56)55(47-25-12-18-37-16-4-6-20-41(37)47)48-26-13-19-38-17-5-7-21-42(38)48/h1-34H. The Bertz CT molecular complexity index is 3430. The molecule has 266 valence electrons. The van der Waals surface area contributed by atoms with Gasteiger partial charge in [-0.25, -0.2) is 0 Å². The Morgan fingerprint density at radius 1 is 0.386 bits per heavy atom. The molecule has 3 heteroatoms. The minimum absolute atomic E-state index is 1.12. The Kier molecular flexibility index (Phi) is 7.13. The zero-order valence-electron chi connectivity index (χ0n) is 30.9. The molecular formula is C54H34N2S. The molecule has 0 fully saturated rings. The molecule has 12 rings (SSSR count). The zero-order valence-corrected chi connectivity index (χ0v) is 31.7. The highest BCUT2D eigenvalue weighted by Crippen LogP contribution is 2.50. The number of fused-ring (bicyclic) bond motifs is 12. The van der Waals surface area contributed by atoms with E-state index in [0.29, 0.717) is 0 Å². The molecule has 0 aliphatic rings. The van der Waals surface area contributed by atoms with Gasteiger partial charge in [0.2, 0.25) is 0 Å². The number of anilines is 3. The summed E-state index contributed by atoms with van der Waals surface area (Å²) in [6.45, 7) is 0. The van der Waals surface area contributed by atoms with Gasteiger partial charge in [0.1, 0.15) is 0 Å². The van der Waals surface area contributed by atoms with Crippen LogP contribution >= 0.6 is 11.3 Å². The van der Waals surface area contributed by atoms with Crippen LogP contribution in [0.25, 0.3) is 91.1 Å². The molecule has 0 N–H and O–H groups in total. The van der Waals surface area contributed by atoms with E-state index in [0.717, 1.165) is 22.7 Å². The SMILES string of the molecule is c1ccc(-c2ccc(-n3c4ccc(N(c5cccc6ccccc56)c5cccc6ccccc56)cc4c4c5ccccc5c5c6ccccc6sc5c43)cc2)cc1. The van der Waals surface area contributed by atoms with Gasteiger partial charge in [-0.15, -0.1) is 11.3 Å². The van der Waals surface area contributed by atoms with Crippen molar-refractivity contribution in [1.82, 2.24) is 4.57 Å². The Morgan fingerprint density at radius 2 is 0.930 bits per heavy atom. The summed E-state index contributed by atoms with van der Waals surface area (Å²) >= 11 is 1.91. The van der Waals surface area contributed by atoms with Crippen molar-refractivity contribution < 1.29 is 0 Å². The van der Waals surface area contributed by atoms with Gasteiger partial charge in [-0.05, 0) is 81.2 Å². The van der Waals surface area contributed by atoms with E-state index in [-0.39, 0.29) is 0 Å². The van der Waals surface area contributed by atoms with Crippen LogP contribution in [0.4, 0.5) is 17.1 Å². The summed E-state index contributed by atoms with van der Waals surface area (Å²) in [6.07, 6.45) is 0. The van der Waals surface area contributed by atoms with Crippen LogP contribution in [-0.4, -0.2) is 4.57 Å². The van der Waals surface area contributed by atoms with E-state index >= 15 is 0 Å². The highest BCUT2D eigenvalue weighted by molar-refractivity contribution is 7.27. The molecule has 0 radical (unpaired) electrons. The first kappa shape index (κ1) is 32.1. The number of hydrogen-bond acceptors (Lipinski definition) is 2. The number of benzene rings is 10. The Labute approximate surface area is 333 Å². The fourth-order valence-corrected chi connectivity index (χ4v) is 10.5. The van der Waals surface area contributed by atoms with Crippen molar-refractivity contribution in [1.29, 1.82) is 0 Å². The van der Waals surface area contributed by atoms with Crippen molar-refractivity contribution in [2.24, 2.45) is 0 Å². The summed E-state index contributed by atoms with van der Waals surface area (Å²) in [5.74, 6) is 0. The maximum absolute atomic E-state index is 2.52. The molecular weight excluding hydrogens is 709 g/mol. The van der Waals surface area contributed by atoms with Gasteiger partial charge < -0.3 is 9.47 Å². The molecule has 2 aromatic heterocycles. The van der Waals surface area contributed by atoms with Gasteiger partial charge in [-0.1, -0.05) is 158 Å². The quantitative estimate of drug-likeness (QED) is 0.170. The zero-order chi connectivity index (χ0) is 37.5. The third-order valence-corrected chi connectivity index (χ3v) is 12.9. The van der Waals surface area contributed by atoms with Crippen LogP contribution in [0.3, 0.4) is 0 Å².